The predicted octanol–water partition coefficient (Wildman–Crippen LogP) is 2.88. The van der Waals surface area contributed by atoms with Gasteiger partial charge in [0.2, 0.25) is 0 Å². The van der Waals surface area contributed by atoms with Gasteiger partial charge in [-0.15, -0.1) is 0 Å². The topological polar surface area (TPSA) is 15.3 Å². The number of benzene rings is 1. The fourth-order valence-corrected chi connectivity index (χ4v) is 3.45. The molecule has 2 aliphatic rings. The molecule has 1 saturated carbocycles. The number of hydrogen-bond donors (Lipinski definition) is 1. The summed E-state index contributed by atoms with van der Waals surface area (Å²) in [5, 5.41) is 3.74. The highest BCUT2D eigenvalue weighted by atomic mass is 19.1. The first kappa shape index (κ1) is 12.0. The molecule has 0 amide bonds. The van der Waals surface area contributed by atoms with Gasteiger partial charge in [-0.3, -0.25) is 0 Å². The Kier molecular flexibility index (Phi) is 3.25. The number of nitrogens with zero attached hydrogens (tertiary/aromatic N) is 1. The second kappa shape index (κ2) is 4.88. The van der Waals surface area contributed by atoms with Gasteiger partial charge in [0.15, 0.2) is 0 Å². The summed E-state index contributed by atoms with van der Waals surface area (Å²) >= 11 is 0. The Morgan fingerprint density at radius 3 is 2.78 bits per heavy atom. The van der Waals surface area contributed by atoms with Crippen molar-refractivity contribution in [2.45, 2.75) is 37.8 Å². The Morgan fingerprint density at radius 1 is 1.22 bits per heavy atom. The highest BCUT2D eigenvalue weighted by Crippen LogP contribution is 2.35. The zero-order valence-corrected chi connectivity index (χ0v) is 10.8. The van der Waals surface area contributed by atoms with Crippen LogP contribution in [-0.4, -0.2) is 25.3 Å². The molecule has 1 aliphatic carbocycles. The van der Waals surface area contributed by atoms with E-state index in [4.69, 9.17) is 0 Å². The number of anilines is 1. The smallest absolute Gasteiger partial charge is 0.107 e. The molecule has 0 aromatic heterocycles. The quantitative estimate of drug-likeness (QED) is 0.865. The number of rotatable bonds is 2. The van der Waals surface area contributed by atoms with Crippen molar-refractivity contribution in [2.24, 2.45) is 0 Å². The molecule has 1 N–H and O–H groups in total. The number of alkyl halides is 1. The lowest BCUT2D eigenvalue weighted by Crippen LogP contribution is -2.50. The molecule has 1 aromatic rings. The molecule has 3 heteroatoms. The van der Waals surface area contributed by atoms with Gasteiger partial charge in [0, 0.05) is 30.9 Å². The summed E-state index contributed by atoms with van der Waals surface area (Å²) in [5.41, 5.74) is 2.73. The predicted molar refractivity (Wildman–Crippen MR) is 72.7 cm³/mol. The van der Waals surface area contributed by atoms with Crippen molar-refractivity contribution in [3.63, 3.8) is 0 Å². The standard InChI is InChI=1S/C15H21FN2/c16-9-10-18-12-15(7-3-4-8-15)17-11-13-5-1-2-6-14(13)18/h1-2,5-6,17H,3-4,7-12H2. The van der Waals surface area contributed by atoms with Crippen molar-refractivity contribution in [3.05, 3.63) is 29.8 Å². The van der Waals surface area contributed by atoms with Gasteiger partial charge < -0.3 is 10.2 Å². The summed E-state index contributed by atoms with van der Waals surface area (Å²) < 4.78 is 12.8. The molecule has 3 rings (SSSR count). The normalized spacial score (nSPS) is 21.9. The summed E-state index contributed by atoms with van der Waals surface area (Å²) in [6.45, 7) is 2.11. The van der Waals surface area contributed by atoms with Crippen LogP contribution in [0.4, 0.5) is 10.1 Å². The summed E-state index contributed by atoms with van der Waals surface area (Å²) in [4.78, 5) is 2.24. The lowest BCUT2D eigenvalue weighted by atomic mass is 9.97. The van der Waals surface area contributed by atoms with Crippen LogP contribution in [-0.2, 0) is 6.54 Å². The molecule has 0 radical (unpaired) electrons. The second-order valence-corrected chi connectivity index (χ2v) is 5.58. The Balaban J connectivity index is 1.92. The lowest BCUT2D eigenvalue weighted by molar-refractivity contribution is 0.334. The van der Waals surface area contributed by atoms with Crippen LogP contribution in [0.3, 0.4) is 0 Å². The van der Waals surface area contributed by atoms with E-state index in [1.54, 1.807) is 0 Å². The molecule has 18 heavy (non-hydrogen) atoms. The van der Waals surface area contributed by atoms with Crippen LogP contribution in [0.5, 0.6) is 0 Å². The summed E-state index contributed by atoms with van der Waals surface area (Å²) in [5.74, 6) is 0. The minimum Gasteiger partial charge on any atom is -0.367 e. The third kappa shape index (κ3) is 2.12. The van der Waals surface area contributed by atoms with Crippen LogP contribution < -0.4 is 10.2 Å². The zero-order valence-electron chi connectivity index (χ0n) is 10.8. The van der Waals surface area contributed by atoms with Gasteiger partial charge >= 0.3 is 0 Å². The van der Waals surface area contributed by atoms with E-state index < -0.39 is 0 Å². The largest absolute Gasteiger partial charge is 0.367 e. The van der Waals surface area contributed by atoms with Gasteiger partial charge in [0.05, 0.1) is 0 Å². The molecule has 1 spiro atoms. The third-order valence-corrected chi connectivity index (χ3v) is 4.39. The van der Waals surface area contributed by atoms with E-state index >= 15 is 0 Å². The molecule has 1 heterocycles. The van der Waals surface area contributed by atoms with E-state index in [1.807, 2.05) is 0 Å². The first-order valence-corrected chi connectivity index (χ1v) is 6.97. The van der Waals surface area contributed by atoms with E-state index in [2.05, 4.69) is 34.5 Å². The summed E-state index contributed by atoms with van der Waals surface area (Å²) in [6, 6.07) is 8.40. The first-order valence-electron chi connectivity index (χ1n) is 6.97. The van der Waals surface area contributed by atoms with Crippen molar-refractivity contribution < 1.29 is 4.39 Å². The van der Waals surface area contributed by atoms with Gasteiger partial charge in [-0.05, 0) is 24.5 Å². The van der Waals surface area contributed by atoms with Gasteiger partial charge in [-0.2, -0.15) is 0 Å². The molecule has 0 unspecified atom stereocenters. The van der Waals surface area contributed by atoms with Crippen LogP contribution in [0.1, 0.15) is 31.2 Å². The van der Waals surface area contributed by atoms with Crippen LogP contribution in [0.2, 0.25) is 0 Å². The maximum Gasteiger partial charge on any atom is 0.107 e. The van der Waals surface area contributed by atoms with Crippen LogP contribution in [0, 0.1) is 0 Å². The highest BCUT2D eigenvalue weighted by molar-refractivity contribution is 5.55. The first-order chi connectivity index (χ1) is 8.83. The Morgan fingerprint density at radius 2 is 2.00 bits per heavy atom. The maximum atomic E-state index is 12.8. The Hall–Kier alpha value is -1.09. The van der Waals surface area contributed by atoms with Crippen molar-refractivity contribution >= 4 is 5.69 Å². The van der Waals surface area contributed by atoms with Gasteiger partial charge in [-0.25, -0.2) is 4.39 Å². The molecular weight excluding hydrogens is 227 g/mol. The average Bonchev–Trinajstić information content (AvgIpc) is 2.79. The van der Waals surface area contributed by atoms with Crippen LogP contribution in [0.15, 0.2) is 24.3 Å². The van der Waals surface area contributed by atoms with E-state index in [0.29, 0.717) is 6.54 Å². The van der Waals surface area contributed by atoms with Crippen molar-refractivity contribution in [3.8, 4) is 0 Å². The molecule has 1 aliphatic heterocycles. The van der Waals surface area contributed by atoms with Crippen molar-refractivity contribution in [1.82, 2.24) is 5.32 Å². The number of fused-ring (bicyclic) bond motifs is 1. The van der Waals surface area contributed by atoms with Gasteiger partial charge in [0.1, 0.15) is 6.67 Å². The SMILES string of the molecule is FCCN1CC2(CCCC2)NCc2ccccc21. The molecular formula is C15H21FN2. The molecule has 0 atom stereocenters. The highest BCUT2D eigenvalue weighted by Gasteiger charge is 2.37. The molecule has 0 saturated heterocycles. The molecule has 1 aromatic carbocycles. The molecule has 98 valence electrons. The van der Waals surface area contributed by atoms with Gasteiger partial charge in [0.25, 0.3) is 0 Å². The molecule has 0 bridgehead atoms. The van der Waals surface area contributed by atoms with E-state index in [0.717, 1.165) is 13.1 Å². The monoisotopic (exact) mass is 248 g/mol. The van der Waals surface area contributed by atoms with Crippen molar-refractivity contribution in [2.75, 3.05) is 24.7 Å². The fraction of sp³-hybridized carbons (Fsp3) is 0.600. The van der Waals surface area contributed by atoms with E-state index in [1.165, 1.54) is 36.9 Å². The average molecular weight is 248 g/mol. The number of hydrogen-bond acceptors (Lipinski definition) is 2. The Labute approximate surface area is 108 Å². The number of para-hydroxylation sites is 1. The molecule has 1 fully saturated rings. The van der Waals surface area contributed by atoms with Crippen LogP contribution >= 0.6 is 0 Å². The second-order valence-electron chi connectivity index (χ2n) is 5.58. The number of halogens is 1. The maximum absolute atomic E-state index is 12.8. The van der Waals surface area contributed by atoms with Gasteiger partial charge in [-0.1, -0.05) is 31.0 Å². The van der Waals surface area contributed by atoms with Crippen LogP contribution in [0.25, 0.3) is 0 Å². The lowest BCUT2D eigenvalue weighted by Gasteiger charge is -2.34. The minimum absolute atomic E-state index is 0.216. The molecule has 2 nitrogen and oxygen atoms in total. The van der Waals surface area contributed by atoms with E-state index in [9.17, 15) is 4.39 Å². The zero-order chi connectivity index (χ0) is 12.4. The third-order valence-electron chi connectivity index (χ3n) is 4.39. The Bertz CT molecular complexity index is 413. The summed E-state index contributed by atoms with van der Waals surface area (Å²) in [7, 11) is 0. The van der Waals surface area contributed by atoms with Crippen molar-refractivity contribution in [1.29, 1.82) is 0 Å². The summed E-state index contributed by atoms with van der Waals surface area (Å²) in [6.07, 6.45) is 5.05. The fourth-order valence-electron chi connectivity index (χ4n) is 3.45. The minimum atomic E-state index is -0.273. The van der Waals surface area contributed by atoms with E-state index in [-0.39, 0.29) is 12.2 Å². The number of nitrogens with one attached hydrogen (secondary N) is 1.